The van der Waals surface area contributed by atoms with Crippen molar-refractivity contribution >= 4 is 22.9 Å². The Hall–Kier alpha value is -3.27. The van der Waals surface area contributed by atoms with Crippen LogP contribution in [0, 0.1) is 5.82 Å². The van der Waals surface area contributed by atoms with Crippen LogP contribution in [0.4, 0.5) is 17.6 Å². The molecule has 0 bridgehead atoms. The second-order valence-electron chi connectivity index (χ2n) is 6.09. The second kappa shape index (κ2) is 7.28. The van der Waals surface area contributed by atoms with Crippen LogP contribution in [0.15, 0.2) is 54.0 Å². The van der Waals surface area contributed by atoms with Gasteiger partial charge in [-0.25, -0.2) is 13.9 Å². The molecule has 0 spiro atoms. The molecule has 0 aliphatic rings. The van der Waals surface area contributed by atoms with E-state index in [1.807, 2.05) is 17.5 Å². The minimum atomic E-state index is -4.73. The van der Waals surface area contributed by atoms with Crippen molar-refractivity contribution in [2.75, 3.05) is 0 Å². The molecule has 0 aliphatic carbocycles. The zero-order chi connectivity index (χ0) is 20.6. The Bertz CT molecular complexity index is 1170. The number of fused-ring (bicyclic) bond motifs is 1. The van der Waals surface area contributed by atoms with Crippen LogP contribution in [0.25, 0.3) is 16.9 Å². The summed E-state index contributed by atoms with van der Waals surface area (Å²) in [4.78, 5) is 17.6. The van der Waals surface area contributed by atoms with Gasteiger partial charge in [0.25, 0.3) is 5.91 Å². The van der Waals surface area contributed by atoms with Gasteiger partial charge in [0.2, 0.25) is 0 Å². The predicted octanol–water partition coefficient (Wildman–Crippen LogP) is 4.55. The van der Waals surface area contributed by atoms with Gasteiger partial charge in [0.1, 0.15) is 11.4 Å². The molecule has 4 rings (SSSR count). The van der Waals surface area contributed by atoms with Gasteiger partial charge in [0.15, 0.2) is 11.3 Å². The zero-order valence-corrected chi connectivity index (χ0v) is 15.4. The molecule has 1 N–H and O–H groups in total. The summed E-state index contributed by atoms with van der Waals surface area (Å²) in [5, 5.41) is 8.22. The largest absolute Gasteiger partial charge is 0.433 e. The molecule has 148 valence electrons. The third-order valence-corrected chi connectivity index (χ3v) is 5.03. The van der Waals surface area contributed by atoms with Crippen LogP contribution in [-0.4, -0.2) is 20.5 Å². The van der Waals surface area contributed by atoms with Gasteiger partial charge in [-0.3, -0.25) is 4.79 Å². The van der Waals surface area contributed by atoms with E-state index in [4.69, 9.17) is 0 Å². The maximum absolute atomic E-state index is 13.6. The number of rotatable bonds is 4. The van der Waals surface area contributed by atoms with Crippen LogP contribution < -0.4 is 5.32 Å². The predicted molar refractivity (Wildman–Crippen MR) is 98.9 cm³/mol. The number of alkyl halides is 3. The van der Waals surface area contributed by atoms with Gasteiger partial charge < -0.3 is 5.32 Å². The first-order chi connectivity index (χ1) is 13.8. The molecule has 0 saturated heterocycles. The van der Waals surface area contributed by atoms with Crippen LogP contribution in [0.1, 0.15) is 20.9 Å². The van der Waals surface area contributed by atoms with Crippen LogP contribution >= 0.6 is 11.3 Å². The molecule has 0 fully saturated rings. The molecule has 0 saturated carbocycles. The molecule has 3 heterocycles. The van der Waals surface area contributed by atoms with E-state index in [9.17, 15) is 22.4 Å². The Morgan fingerprint density at radius 2 is 1.93 bits per heavy atom. The Kier molecular flexibility index (Phi) is 4.79. The Balaban J connectivity index is 1.79. The molecule has 5 nitrogen and oxygen atoms in total. The fraction of sp³-hybridized carbons (Fsp3) is 0.105. The standard InChI is InChI=1S/C19H12F4N4OS/c20-12-5-3-11(4-6-12)15-8-16(19(21,22)23)27-17(26-15)14(10-25-27)18(28)24-9-13-2-1-7-29-13/h1-8,10H,9H2,(H,24,28). The SMILES string of the molecule is O=C(NCc1cccs1)c1cnn2c(C(F)(F)F)cc(-c3ccc(F)cc3)nc12. The Morgan fingerprint density at radius 3 is 2.59 bits per heavy atom. The third kappa shape index (κ3) is 3.83. The van der Waals surface area contributed by atoms with Crippen LogP contribution in [0.5, 0.6) is 0 Å². The summed E-state index contributed by atoms with van der Waals surface area (Å²) in [6, 6.07) is 9.36. The number of benzene rings is 1. The molecule has 0 radical (unpaired) electrons. The molecule has 0 unspecified atom stereocenters. The van der Waals surface area contributed by atoms with Gasteiger partial charge in [-0.1, -0.05) is 6.07 Å². The first-order valence-electron chi connectivity index (χ1n) is 8.35. The number of nitrogens with zero attached hydrogens (tertiary/aromatic N) is 3. The molecule has 0 atom stereocenters. The van der Waals surface area contributed by atoms with Gasteiger partial charge in [0, 0.05) is 10.4 Å². The van der Waals surface area contributed by atoms with Gasteiger partial charge in [-0.2, -0.15) is 18.3 Å². The number of hydrogen-bond donors (Lipinski definition) is 1. The van der Waals surface area contributed by atoms with Crippen LogP contribution in [0.3, 0.4) is 0 Å². The lowest BCUT2D eigenvalue weighted by atomic mass is 10.1. The summed E-state index contributed by atoms with van der Waals surface area (Å²) in [7, 11) is 0. The number of amides is 1. The second-order valence-corrected chi connectivity index (χ2v) is 7.12. The molecular weight excluding hydrogens is 408 g/mol. The fourth-order valence-electron chi connectivity index (χ4n) is 2.77. The van der Waals surface area contributed by atoms with Gasteiger partial charge >= 0.3 is 6.18 Å². The van der Waals surface area contributed by atoms with E-state index in [1.54, 1.807) is 0 Å². The number of thiophene rings is 1. The number of nitrogens with one attached hydrogen (secondary N) is 1. The highest BCUT2D eigenvalue weighted by Gasteiger charge is 2.36. The first-order valence-corrected chi connectivity index (χ1v) is 9.23. The lowest BCUT2D eigenvalue weighted by Crippen LogP contribution is -2.22. The fourth-order valence-corrected chi connectivity index (χ4v) is 3.41. The topological polar surface area (TPSA) is 59.3 Å². The van der Waals surface area contributed by atoms with E-state index in [0.717, 1.165) is 29.3 Å². The minimum Gasteiger partial charge on any atom is -0.347 e. The maximum Gasteiger partial charge on any atom is 0.433 e. The Labute approximate surface area is 165 Å². The van der Waals surface area contributed by atoms with Crippen LogP contribution in [-0.2, 0) is 12.7 Å². The maximum atomic E-state index is 13.6. The molecule has 29 heavy (non-hydrogen) atoms. The molecule has 3 aromatic heterocycles. The summed E-state index contributed by atoms with van der Waals surface area (Å²) in [5.74, 6) is -1.12. The number of hydrogen-bond acceptors (Lipinski definition) is 4. The lowest BCUT2D eigenvalue weighted by molar-refractivity contribution is -0.142. The minimum absolute atomic E-state index is 0.0439. The van der Waals surface area contributed by atoms with E-state index in [0.29, 0.717) is 4.52 Å². The van der Waals surface area contributed by atoms with E-state index in [1.165, 1.54) is 23.5 Å². The van der Waals surface area contributed by atoms with Crippen molar-refractivity contribution in [1.82, 2.24) is 19.9 Å². The van der Waals surface area contributed by atoms with Crippen LogP contribution in [0.2, 0.25) is 0 Å². The van der Waals surface area contributed by atoms with Crippen molar-refractivity contribution < 1.29 is 22.4 Å². The number of carbonyl (C=O) groups excluding carboxylic acids is 1. The average Bonchev–Trinajstić information content (AvgIpc) is 3.35. The summed E-state index contributed by atoms with van der Waals surface area (Å²) < 4.78 is 54.5. The molecule has 4 aromatic rings. The van der Waals surface area contributed by atoms with Gasteiger partial charge in [-0.05, 0) is 41.8 Å². The zero-order valence-electron chi connectivity index (χ0n) is 14.6. The summed E-state index contributed by atoms with van der Waals surface area (Å²) >= 11 is 1.44. The Morgan fingerprint density at radius 1 is 1.17 bits per heavy atom. The third-order valence-electron chi connectivity index (χ3n) is 4.15. The van der Waals surface area contributed by atoms with E-state index in [2.05, 4.69) is 15.4 Å². The van der Waals surface area contributed by atoms with Crippen molar-refractivity contribution in [2.24, 2.45) is 0 Å². The van der Waals surface area contributed by atoms with Gasteiger partial charge in [0.05, 0.1) is 18.4 Å². The molecule has 10 heteroatoms. The molecule has 0 aliphatic heterocycles. The number of carbonyl (C=O) groups is 1. The highest BCUT2D eigenvalue weighted by molar-refractivity contribution is 7.09. The normalized spacial score (nSPS) is 11.7. The average molecular weight is 420 g/mol. The van der Waals surface area contributed by atoms with E-state index in [-0.39, 0.29) is 29.0 Å². The van der Waals surface area contributed by atoms with Crippen molar-refractivity contribution in [1.29, 1.82) is 0 Å². The van der Waals surface area contributed by atoms with Crippen molar-refractivity contribution in [3.05, 3.63) is 76.0 Å². The monoisotopic (exact) mass is 420 g/mol. The number of halogens is 4. The van der Waals surface area contributed by atoms with Crippen molar-refractivity contribution in [3.63, 3.8) is 0 Å². The van der Waals surface area contributed by atoms with E-state index < -0.39 is 23.6 Å². The smallest absolute Gasteiger partial charge is 0.347 e. The summed E-state index contributed by atoms with van der Waals surface area (Å²) in [5.41, 5.74) is -1.17. The molecule has 1 aromatic carbocycles. The first kappa shape index (κ1) is 19.1. The summed E-state index contributed by atoms with van der Waals surface area (Å²) in [6.07, 6.45) is -3.68. The number of aromatic nitrogens is 3. The highest BCUT2D eigenvalue weighted by Crippen LogP contribution is 2.32. The van der Waals surface area contributed by atoms with E-state index >= 15 is 0 Å². The van der Waals surface area contributed by atoms with Gasteiger partial charge in [-0.15, -0.1) is 11.3 Å². The molecular formula is C19H12F4N4OS. The highest BCUT2D eigenvalue weighted by atomic mass is 32.1. The van der Waals surface area contributed by atoms with Crippen molar-refractivity contribution in [3.8, 4) is 11.3 Å². The summed E-state index contributed by atoms with van der Waals surface area (Å²) in [6.45, 7) is 0.234. The molecule has 1 amide bonds. The quantitative estimate of drug-likeness (QED) is 0.493. The van der Waals surface area contributed by atoms with Crippen molar-refractivity contribution in [2.45, 2.75) is 12.7 Å². The lowest BCUT2D eigenvalue weighted by Gasteiger charge is -2.11.